The number of amides is 1. The van der Waals surface area contributed by atoms with Crippen molar-refractivity contribution in [1.29, 1.82) is 0 Å². The summed E-state index contributed by atoms with van der Waals surface area (Å²) >= 11 is 0. The molecule has 0 fully saturated rings. The van der Waals surface area contributed by atoms with E-state index in [1.165, 1.54) is 22.9 Å². The molecular weight excluding hydrogens is 389 g/mol. The highest BCUT2D eigenvalue weighted by molar-refractivity contribution is 5.94. The summed E-state index contributed by atoms with van der Waals surface area (Å²) in [5.41, 5.74) is 1.49. The Bertz CT molecular complexity index is 1320. The summed E-state index contributed by atoms with van der Waals surface area (Å²) in [6, 6.07) is 12.7. The maximum Gasteiger partial charge on any atom is 0.264 e. The Balaban J connectivity index is 1.60. The molecule has 0 unspecified atom stereocenters. The van der Waals surface area contributed by atoms with Crippen LogP contribution in [0.5, 0.6) is 0 Å². The maximum absolute atomic E-state index is 14.1. The fourth-order valence-electron chi connectivity index (χ4n) is 3.76. The number of hydrogen-bond donors (Lipinski definition) is 2. The third-order valence-electron chi connectivity index (χ3n) is 5.09. The van der Waals surface area contributed by atoms with E-state index in [0.29, 0.717) is 34.4 Å². The molecule has 1 amide bonds. The molecule has 0 bridgehead atoms. The first-order chi connectivity index (χ1) is 14.5. The van der Waals surface area contributed by atoms with E-state index in [4.69, 9.17) is 4.42 Å². The van der Waals surface area contributed by atoms with Crippen LogP contribution < -0.4 is 10.9 Å². The van der Waals surface area contributed by atoms with E-state index in [-0.39, 0.29) is 29.6 Å². The summed E-state index contributed by atoms with van der Waals surface area (Å²) in [4.78, 5) is 23.8. The number of rotatable bonds is 3. The van der Waals surface area contributed by atoms with Crippen LogP contribution >= 0.6 is 0 Å². The van der Waals surface area contributed by atoms with Gasteiger partial charge >= 0.3 is 0 Å². The van der Waals surface area contributed by atoms with Gasteiger partial charge in [0.1, 0.15) is 23.2 Å². The molecule has 0 radical (unpaired) electrons. The topological polar surface area (TPSA) is 106 Å². The minimum absolute atomic E-state index is 0.169. The van der Waals surface area contributed by atoms with E-state index < -0.39 is 0 Å². The Kier molecular flexibility index (Phi) is 4.09. The number of anilines is 1. The second-order valence-corrected chi connectivity index (χ2v) is 7.03. The lowest BCUT2D eigenvalue weighted by Crippen LogP contribution is -2.25. The molecule has 150 valence electrons. The maximum atomic E-state index is 14.1. The van der Waals surface area contributed by atoms with Crippen LogP contribution in [0.2, 0.25) is 0 Å². The third-order valence-corrected chi connectivity index (χ3v) is 5.09. The van der Waals surface area contributed by atoms with Crippen LogP contribution in [0.4, 0.5) is 10.2 Å². The Labute approximate surface area is 169 Å². The highest BCUT2D eigenvalue weighted by Crippen LogP contribution is 2.41. The first-order valence-electron chi connectivity index (χ1n) is 9.31. The zero-order valence-electron chi connectivity index (χ0n) is 15.8. The summed E-state index contributed by atoms with van der Waals surface area (Å²) in [6.07, 6.45) is 0.169. The van der Waals surface area contributed by atoms with E-state index in [0.717, 1.165) is 5.56 Å². The van der Waals surface area contributed by atoms with Gasteiger partial charge in [-0.2, -0.15) is 14.9 Å². The molecule has 1 aliphatic heterocycles. The molecule has 4 heterocycles. The quantitative estimate of drug-likeness (QED) is 0.545. The molecule has 1 aliphatic rings. The van der Waals surface area contributed by atoms with Crippen LogP contribution in [-0.4, -0.2) is 25.9 Å². The average Bonchev–Trinajstić information content (AvgIpc) is 3.34. The van der Waals surface area contributed by atoms with Crippen molar-refractivity contribution in [3.63, 3.8) is 0 Å². The summed E-state index contributed by atoms with van der Waals surface area (Å²) in [7, 11) is 0. The molecule has 2 N–H and O–H groups in total. The van der Waals surface area contributed by atoms with Gasteiger partial charge in [-0.1, -0.05) is 12.1 Å². The van der Waals surface area contributed by atoms with Gasteiger partial charge in [0.2, 0.25) is 5.91 Å². The Hall–Kier alpha value is -4.01. The number of benzene rings is 1. The fourth-order valence-corrected chi connectivity index (χ4v) is 3.76. The third kappa shape index (κ3) is 2.91. The summed E-state index contributed by atoms with van der Waals surface area (Å²) in [6.45, 7) is 1.83. The summed E-state index contributed by atoms with van der Waals surface area (Å²) in [5, 5.41) is 13.7. The zero-order valence-corrected chi connectivity index (χ0v) is 15.8. The zero-order chi connectivity index (χ0) is 20.8. The molecule has 0 aliphatic carbocycles. The predicted octanol–water partition coefficient (Wildman–Crippen LogP) is 3.14. The van der Waals surface area contributed by atoms with Gasteiger partial charge in [-0.3, -0.25) is 9.59 Å². The van der Waals surface area contributed by atoms with E-state index in [1.54, 1.807) is 30.3 Å². The first-order valence-corrected chi connectivity index (χ1v) is 9.31. The standard InChI is InChI=1S/C21H16FN5O3/c1-11-20-13(16-7-6-15(30-16)12-4-2-3-5-14(12)22)10-19(29)23-21(20)27(26-11)17-8-9-18(28)25-24-17/h2-9,13H,10H2,1H3,(H,23,29)(H,25,28)/t13-/m0/s1. The average molecular weight is 405 g/mol. The molecule has 0 spiro atoms. The van der Waals surface area contributed by atoms with Crippen molar-refractivity contribution >= 4 is 11.7 Å². The number of halogens is 1. The van der Waals surface area contributed by atoms with Crippen molar-refractivity contribution in [2.24, 2.45) is 0 Å². The van der Waals surface area contributed by atoms with Gasteiger partial charge < -0.3 is 9.73 Å². The van der Waals surface area contributed by atoms with Crippen LogP contribution in [0.25, 0.3) is 17.1 Å². The lowest BCUT2D eigenvalue weighted by molar-refractivity contribution is -0.116. The highest BCUT2D eigenvalue weighted by Gasteiger charge is 2.34. The number of carbonyl (C=O) groups is 1. The minimum Gasteiger partial charge on any atom is -0.460 e. The number of aromatic amines is 1. The van der Waals surface area contributed by atoms with Crippen molar-refractivity contribution in [3.8, 4) is 17.1 Å². The van der Waals surface area contributed by atoms with Crippen molar-refractivity contribution in [2.45, 2.75) is 19.3 Å². The van der Waals surface area contributed by atoms with Gasteiger partial charge in [0.05, 0.1) is 17.2 Å². The van der Waals surface area contributed by atoms with Gasteiger partial charge in [0.25, 0.3) is 5.56 Å². The molecule has 8 nitrogen and oxygen atoms in total. The largest absolute Gasteiger partial charge is 0.460 e. The number of nitrogens with one attached hydrogen (secondary N) is 2. The van der Waals surface area contributed by atoms with Gasteiger partial charge in [-0.25, -0.2) is 9.49 Å². The smallest absolute Gasteiger partial charge is 0.264 e. The SMILES string of the molecule is Cc1nn(-c2ccc(=O)[nH]n2)c2c1[C@H](c1ccc(-c3ccccc3F)o1)CC(=O)N2. The lowest BCUT2D eigenvalue weighted by Gasteiger charge is -2.22. The van der Waals surface area contributed by atoms with E-state index in [9.17, 15) is 14.0 Å². The number of carbonyl (C=O) groups excluding carboxylic acids is 1. The van der Waals surface area contributed by atoms with Gasteiger partial charge in [0, 0.05) is 18.1 Å². The number of fused-ring (bicyclic) bond motifs is 1. The lowest BCUT2D eigenvalue weighted by atomic mass is 9.90. The van der Waals surface area contributed by atoms with E-state index >= 15 is 0 Å². The molecule has 4 aromatic rings. The number of nitrogens with zero attached hydrogens (tertiary/aromatic N) is 3. The van der Waals surface area contributed by atoms with Crippen LogP contribution in [0.1, 0.15) is 29.4 Å². The van der Waals surface area contributed by atoms with E-state index in [2.05, 4.69) is 20.6 Å². The molecule has 3 aromatic heterocycles. The number of hydrogen-bond acceptors (Lipinski definition) is 5. The molecule has 1 aromatic carbocycles. The van der Waals surface area contributed by atoms with Crippen molar-refractivity contribution in [2.75, 3.05) is 5.32 Å². The van der Waals surface area contributed by atoms with Gasteiger partial charge in [-0.05, 0) is 37.3 Å². The Morgan fingerprint density at radius 2 is 1.97 bits per heavy atom. The van der Waals surface area contributed by atoms with Crippen molar-refractivity contribution in [1.82, 2.24) is 20.0 Å². The van der Waals surface area contributed by atoms with Gasteiger partial charge in [0.15, 0.2) is 5.82 Å². The van der Waals surface area contributed by atoms with E-state index in [1.807, 2.05) is 6.92 Å². The van der Waals surface area contributed by atoms with Crippen LogP contribution in [0, 0.1) is 12.7 Å². The minimum atomic E-state index is -0.384. The van der Waals surface area contributed by atoms with Crippen LogP contribution in [0.3, 0.4) is 0 Å². The number of furan rings is 1. The molecule has 9 heteroatoms. The second kappa shape index (κ2) is 6.80. The van der Waals surface area contributed by atoms with Crippen molar-refractivity contribution in [3.05, 3.63) is 81.7 Å². The second-order valence-electron chi connectivity index (χ2n) is 7.03. The summed E-state index contributed by atoms with van der Waals surface area (Å²) in [5.74, 6) is 0.800. The predicted molar refractivity (Wildman–Crippen MR) is 106 cm³/mol. The number of aromatic nitrogens is 4. The van der Waals surface area contributed by atoms with Gasteiger partial charge in [-0.15, -0.1) is 0 Å². The van der Waals surface area contributed by atoms with Crippen molar-refractivity contribution < 1.29 is 13.6 Å². The Morgan fingerprint density at radius 3 is 2.73 bits per heavy atom. The number of H-pyrrole nitrogens is 1. The number of aryl methyl sites for hydroxylation is 1. The molecule has 5 rings (SSSR count). The van der Waals surface area contributed by atoms with Crippen LogP contribution in [0.15, 0.2) is 57.7 Å². The normalized spacial score (nSPS) is 15.7. The molecule has 0 saturated heterocycles. The molecule has 1 atom stereocenters. The fraction of sp³-hybridized carbons (Fsp3) is 0.143. The highest BCUT2D eigenvalue weighted by atomic mass is 19.1. The summed E-state index contributed by atoms with van der Waals surface area (Å²) < 4.78 is 21.6. The molecule has 30 heavy (non-hydrogen) atoms. The molecule has 0 saturated carbocycles. The van der Waals surface area contributed by atoms with Crippen LogP contribution in [-0.2, 0) is 4.79 Å². The monoisotopic (exact) mass is 405 g/mol. The molecular formula is C21H16FN5O3. The Morgan fingerprint density at radius 1 is 1.13 bits per heavy atom. The first kappa shape index (κ1) is 18.0.